The lowest BCUT2D eigenvalue weighted by atomic mass is 10.2. The second-order valence-electron chi connectivity index (χ2n) is 6.50. The summed E-state index contributed by atoms with van der Waals surface area (Å²) < 4.78 is 5.35. The maximum Gasteiger partial charge on any atom is 0.292 e. The number of aromatic nitrogens is 2. The van der Waals surface area contributed by atoms with Crippen molar-refractivity contribution in [3.05, 3.63) is 33.6 Å². The fourth-order valence-electron chi connectivity index (χ4n) is 3.03. The summed E-state index contributed by atoms with van der Waals surface area (Å²) in [7, 11) is 0. The number of thiophene rings is 1. The number of likely N-dealkylation sites (tertiary alicyclic amines) is 1. The highest BCUT2D eigenvalue weighted by atomic mass is 32.1. The van der Waals surface area contributed by atoms with Gasteiger partial charge in [-0.05, 0) is 38.3 Å². The van der Waals surface area contributed by atoms with Gasteiger partial charge in [0, 0.05) is 22.8 Å². The maximum absolute atomic E-state index is 12.0. The Labute approximate surface area is 148 Å². The number of amides is 2. The quantitative estimate of drug-likeness (QED) is 0.805. The monoisotopic (exact) mass is 361 g/mol. The first-order valence-electron chi connectivity index (χ1n) is 8.36. The van der Waals surface area contributed by atoms with Crippen molar-refractivity contribution in [2.75, 3.05) is 6.54 Å². The van der Waals surface area contributed by atoms with E-state index in [2.05, 4.69) is 20.4 Å². The van der Waals surface area contributed by atoms with E-state index in [0.29, 0.717) is 18.0 Å². The number of nitrogens with one attached hydrogen (secondary N) is 1. The van der Waals surface area contributed by atoms with Gasteiger partial charge >= 0.3 is 0 Å². The number of rotatable bonds is 6. The molecule has 25 heavy (non-hydrogen) atoms. The smallest absolute Gasteiger partial charge is 0.292 e. The molecule has 2 amide bonds. The Morgan fingerprint density at radius 1 is 1.40 bits per heavy atom. The molecule has 0 aromatic carbocycles. The van der Waals surface area contributed by atoms with Crippen molar-refractivity contribution in [1.82, 2.24) is 20.4 Å². The van der Waals surface area contributed by atoms with Crippen molar-refractivity contribution in [2.24, 2.45) is 5.73 Å². The van der Waals surface area contributed by atoms with Gasteiger partial charge in [-0.1, -0.05) is 5.16 Å². The molecule has 0 spiro atoms. The Morgan fingerprint density at radius 3 is 2.96 bits per heavy atom. The molecule has 1 saturated carbocycles. The lowest BCUT2D eigenvalue weighted by molar-refractivity contribution is 0.0936. The SMILES string of the molecule is NC(=O)c1csc(CN2CCC[C@H]2c2nc(C(=O)NC3CC3)no2)c1. The van der Waals surface area contributed by atoms with Crippen LogP contribution < -0.4 is 11.1 Å². The van der Waals surface area contributed by atoms with E-state index in [0.717, 1.165) is 37.1 Å². The largest absolute Gasteiger partial charge is 0.366 e. The minimum atomic E-state index is -0.413. The summed E-state index contributed by atoms with van der Waals surface area (Å²) in [6.45, 7) is 1.59. The third-order valence-electron chi connectivity index (χ3n) is 4.50. The normalized spacial score (nSPS) is 20.7. The Bertz CT molecular complexity index is 797. The molecule has 2 aromatic heterocycles. The Kier molecular flexibility index (Phi) is 4.26. The summed E-state index contributed by atoms with van der Waals surface area (Å²) in [5, 5.41) is 8.46. The summed E-state index contributed by atoms with van der Waals surface area (Å²) in [4.78, 5) is 30.8. The van der Waals surface area contributed by atoms with Crippen LogP contribution in [0.15, 0.2) is 16.0 Å². The second-order valence-corrected chi connectivity index (χ2v) is 7.49. The highest BCUT2D eigenvalue weighted by molar-refractivity contribution is 7.10. The second kappa shape index (κ2) is 6.57. The molecule has 2 fully saturated rings. The van der Waals surface area contributed by atoms with Gasteiger partial charge in [0.2, 0.25) is 11.8 Å². The third kappa shape index (κ3) is 3.57. The Balaban J connectivity index is 1.44. The number of primary amides is 1. The average molecular weight is 361 g/mol. The highest BCUT2D eigenvalue weighted by Crippen LogP contribution is 2.33. The van der Waals surface area contributed by atoms with Crippen LogP contribution >= 0.6 is 11.3 Å². The lowest BCUT2D eigenvalue weighted by Crippen LogP contribution is -2.26. The molecular weight excluding hydrogens is 342 g/mol. The molecule has 3 N–H and O–H groups in total. The number of hydrogen-bond acceptors (Lipinski definition) is 7. The predicted molar refractivity (Wildman–Crippen MR) is 90.0 cm³/mol. The van der Waals surface area contributed by atoms with Gasteiger partial charge in [0.05, 0.1) is 11.6 Å². The van der Waals surface area contributed by atoms with Crippen LogP contribution in [0.1, 0.15) is 63.5 Å². The summed E-state index contributed by atoms with van der Waals surface area (Å²) in [5.74, 6) is -0.110. The number of nitrogens with zero attached hydrogens (tertiary/aromatic N) is 3. The molecule has 2 aromatic rings. The van der Waals surface area contributed by atoms with Crippen molar-refractivity contribution in [2.45, 2.75) is 44.3 Å². The van der Waals surface area contributed by atoms with E-state index in [9.17, 15) is 9.59 Å². The van der Waals surface area contributed by atoms with Crippen LogP contribution in [0.25, 0.3) is 0 Å². The molecule has 1 aliphatic carbocycles. The topological polar surface area (TPSA) is 114 Å². The summed E-state index contributed by atoms with van der Waals surface area (Å²) in [6, 6.07) is 2.08. The van der Waals surface area contributed by atoms with Crippen LogP contribution in [0.3, 0.4) is 0 Å². The van der Waals surface area contributed by atoms with Gasteiger partial charge < -0.3 is 15.6 Å². The van der Waals surface area contributed by atoms with E-state index in [1.165, 1.54) is 11.3 Å². The Hall–Kier alpha value is -2.26. The zero-order valence-electron chi connectivity index (χ0n) is 13.6. The molecule has 2 aliphatic rings. The molecule has 8 nitrogen and oxygen atoms in total. The Morgan fingerprint density at radius 2 is 2.24 bits per heavy atom. The maximum atomic E-state index is 12.0. The first kappa shape index (κ1) is 16.2. The van der Waals surface area contributed by atoms with Crippen molar-refractivity contribution < 1.29 is 14.1 Å². The fourth-order valence-corrected chi connectivity index (χ4v) is 3.93. The van der Waals surface area contributed by atoms with Crippen LogP contribution in [0.4, 0.5) is 0 Å². The van der Waals surface area contributed by atoms with Gasteiger partial charge in [0.1, 0.15) is 0 Å². The van der Waals surface area contributed by atoms with E-state index < -0.39 is 5.91 Å². The molecular formula is C16H19N5O3S. The van der Waals surface area contributed by atoms with Crippen LogP contribution in [-0.4, -0.2) is 39.4 Å². The van der Waals surface area contributed by atoms with Crippen LogP contribution in [-0.2, 0) is 6.54 Å². The van der Waals surface area contributed by atoms with Crippen molar-refractivity contribution in [3.8, 4) is 0 Å². The standard InChI is InChI=1S/C16H19N5O3S/c17-13(22)9-6-11(25-8-9)7-21-5-1-2-12(21)16-19-14(20-24-16)15(23)18-10-3-4-10/h6,8,10,12H,1-5,7H2,(H2,17,22)(H,18,23)/t12-/m0/s1. The van der Waals surface area contributed by atoms with Gasteiger partial charge in [-0.15, -0.1) is 11.3 Å². The number of nitrogens with two attached hydrogens (primary N) is 1. The van der Waals surface area contributed by atoms with Crippen molar-refractivity contribution >= 4 is 23.2 Å². The van der Waals surface area contributed by atoms with E-state index >= 15 is 0 Å². The van der Waals surface area contributed by atoms with Crippen LogP contribution in [0, 0.1) is 0 Å². The summed E-state index contributed by atoms with van der Waals surface area (Å²) >= 11 is 1.51. The minimum Gasteiger partial charge on any atom is -0.366 e. The van der Waals surface area contributed by atoms with E-state index in [1.54, 1.807) is 5.38 Å². The third-order valence-corrected chi connectivity index (χ3v) is 5.42. The molecule has 9 heteroatoms. The van der Waals surface area contributed by atoms with Crippen molar-refractivity contribution in [1.29, 1.82) is 0 Å². The van der Waals surface area contributed by atoms with Gasteiger partial charge in [-0.3, -0.25) is 14.5 Å². The minimum absolute atomic E-state index is 0.00546. The predicted octanol–water partition coefficient (Wildman–Crippen LogP) is 1.46. The summed E-state index contributed by atoms with van der Waals surface area (Å²) in [6.07, 6.45) is 3.95. The van der Waals surface area contributed by atoms with Crippen LogP contribution in [0.5, 0.6) is 0 Å². The molecule has 1 aliphatic heterocycles. The molecule has 1 atom stereocenters. The van der Waals surface area contributed by atoms with Crippen LogP contribution in [0.2, 0.25) is 0 Å². The van der Waals surface area contributed by atoms with E-state index in [1.807, 2.05) is 6.07 Å². The van der Waals surface area contributed by atoms with Gasteiger partial charge in [-0.2, -0.15) is 4.98 Å². The van der Waals surface area contributed by atoms with E-state index in [-0.39, 0.29) is 23.8 Å². The van der Waals surface area contributed by atoms with Crippen molar-refractivity contribution in [3.63, 3.8) is 0 Å². The summed E-state index contributed by atoms with van der Waals surface area (Å²) in [5.41, 5.74) is 5.84. The molecule has 0 bridgehead atoms. The molecule has 4 rings (SSSR count). The zero-order valence-corrected chi connectivity index (χ0v) is 14.4. The number of carbonyl (C=O) groups excluding carboxylic acids is 2. The highest BCUT2D eigenvalue weighted by Gasteiger charge is 2.32. The van der Waals surface area contributed by atoms with Gasteiger partial charge in [0.25, 0.3) is 11.7 Å². The van der Waals surface area contributed by atoms with Gasteiger partial charge in [0.15, 0.2) is 0 Å². The first-order valence-corrected chi connectivity index (χ1v) is 9.24. The molecule has 0 radical (unpaired) electrons. The number of hydrogen-bond donors (Lipinski definition) is 2. The van der Waals surface area contributed by atoms with E-state index in [4.69, 9.17) is 10.3 Å². The average Bonchev–Trinajstić information content (AvgIpc) is 3.01. The molecule has 3 heterocycles. The zero-order chi connectivity index (χ0) is 17.4. The lowest BCUT2D eigenvalue weighted by Gasteiger charge is -2.20. The molecule has 132 valence electrons. The molecule has 1 saturated heterocycles. The number of carbonyl (C=O) groups is 2. The molecule has 0 unspecified atom stereocenters. The first-order chi connectivity index (χ1) is 12.1. The fraction of sp³-hybridized carbons (Fsp3) is 0.500. The van der Waals surface area contributed by atoms with Gasteiger partial charge in [-0.25, -0.2) is 0 Å².